The normalized spacial score (nSPS) is 10.2. The van der Waals surface area contributed by atoms with Crippen LogP contribution in [-0.4, -0.2) is 29.3 Å². The highest BCUT2D eigenvalue weighted by atomic mass is 35.5. The summed E-state index contributed by atoms with van der Waals surface area (Å²) < 4.78 is 0. The molecule has 0 bridgehead atoms. The van der Waals surface area contributed by atoms with Gasteiger partial charge in [0.15, 0.2) is 0 Å². The number of hydrogen-bond acceptors (Lipinski definition) is 4. The number of benzene rings is 1. The zero-order chi connectivity index (χ0) is 11.5. The monoisotopic (exact) mass is 237 g/mol. The van der Waals surface area contributed by atoms with Crippen LogP contribution in [0.15, 0.2) is 24.3 Å². The van der Waals surface area contributed by atoms with Crippen LogP contribution in [0, 0.1) is 0 Å². The minimum absolute atomic E-state index is 0.603. The van der Waals surface area contributed by atoms with Crippen LogP contribution in [0.5, 0.6) is 0 Å². The lowest BCUT2D eigenvalue weighted by molar-refractivity contribution is 0.999. The molecule has 1 heterocycles. The van der Waals surface area contributed by atoms with E-state index in [2.05, 4.69) is 20.5 Å². The van der Waals surface area contributed by atoms with E-state index in [1.165, 1.54) is 0 Å². The van der Waals surface area contributed by atoms with Crippen LogP contribution in [0.25, 0.3) is 0 Å². The Labute approximate surface area is 98.4 Å². The van der Waals surface area contributed by atoms with E-state index in [0.717, 1.165) is 5.69 Å². The fraction of sp³-hybridized carbons (Fsp3) is 0.200. The van der Waals surface area contributed by atoms with Crippen molar-refractivity contribution in [3.05, 3.63) is 29.3 Å². The van der Waals surface area contributed by atoms with Gasteiger partial charge in [-0.15, -0.1) is 5.10 Å². The zero-order valence-corrected chi connectivity index (χ0v) is 9.78. The second-order valence-corrected chi connectivity index (χ2v) is 3.95. The van der Waals surface area contributed by atoms with Crippen LogP contribution in [0.4, 0.5) is 17.6 Å². The van der Waals surface area contributed by atoms with Crippen LogP contribution < -0.4 is 10.2 Å². The molecule has 2 N–H and O–H groups in total. The van der Waals surface area contributed by atoms with Gasteiger partial charge in [0.2, 0.25) is 11.9 Å². The predicted molar refractivity (Wildman–Crippen MR) is 65.4 cm³/mol. The van der Waals surface area contributed by atoms with Gasteiger partial charge >= 0.3 is 0 Å². The molecule has 0 aliphatic rings. The minimum Gasteiger partial charge on any atom is -0.346 e. The number of hydrogen-bond donors (Lipinski definition) is 2. The quantitative estimate of drug-likeness (QED) is 0.860. The second-order valence-electron chi connectivity index (χ2n) is 3.51. The summed E-state index contributed by atoms with van der Waals surface area (Å²) in [5, 5.41) is 10.6. The van der Waals surface area contributed by atoms with E-state index in [1.54, 1.807) is 0 Å². The Morgan fingerprint density at radius 2 is 1.94 bits per heavy atom. The maximum atomic E-state index is 5.79. The van der Waals surface area contributed by atoms with Crippen molar-refractivity contribution in [2.24, 2.45) is 0 Å². The number of halogens is 1. The molecule has 0 radical (unpaired) electrons. The summed E-state index contributed by atoms with van der Waals surface area (Å²) in [6.07, 6.45) is 0. The van der Waals surface area contributed by atoms with Crippen molar-refractivity contribution in [3.63, 3.8) is 0 Å². The number of aromatic nitrogens is 3. The van der Waals surface area contributed by atoms with E-state index < -0.39 is 0 Å². The van der Waals surface area contributed by atoms with Gasteiger partial charge in [-0.3, -0.25) is 0 Å². The molecule has 0 aliphatic carbocycles. The first kappa shape index (κ1) is 10.8. The van der Waals surface area contributed by atoms with Gasteiger partial charge in [-0.2, -0.15) is 4.98 Å². The van der Waals surface area contributed by atoms with Crippen LogP contribution in [0.1, 0.15) is 0 Å². The van der Waals surface area contributed by atoms with Crippen molar-refractivity contribution in [2.75, 3.05) is 24.3 Å². The molecule has 0 unspecified atom stereocenters. The molecule has 0 atom stereocenters. The topological polar surface area (TPSA) is 56.8 Å². The van der Waals surface area contributed by atoms with Crippen molar-refractivity contribution in [1.82, 2.24) is 15.2 Å². The first-order valence-corrected chi connectivity index (χ1v) is 5.15. The van der Waals surface area contributed by atoms with Crippen LogP contribution >= 0.6 is 11.6 Å². The summed E-state index contributed by atoms with van der Waals surface area (Å²) in [5.74, 6) is 1.24. The average molecular weight is 238 g/mol. The first-order chi connectivity index (χ1) is 7.65. The van der Waals surface area contributed by atoms with E-state index >= 15 is 0 Å². The predicted octanol–water partition coefficient (Wildman–Crippen LogP) is 2.27. The summed E-state index contributed by atoms with van der Waals surface area (Å²) in [6.45, 7) is 0. The van der Waals surface area contributed by atoms with Gasteiger partial charge < -0.3 is 10.2 Å². The Morgan fingerprint density at radius 3 is 2.50 bits per heavy atom. The lowest BCUT2D eigenvalue weighted by atomic mass is 10.3. The van der Waals surface area contributed by atoms with Gasteiger partial charge in [0, 0.05) is 24.8 Å². The third-order valence-corrected chi connectivity index (χ3v) is 2.23. The minimum atomic E-state index is 0.603. The Balaban J connectivity index is 2.11. The third kappa shape index (κ3) is 2.43. The van der Waals surface area contributed by atoms with E-state index in [-0.39, 0.29) is 0 Å². The van der Waals surface area contributed by atoms with Gasteiger partial charge in [-0.05, 0) is 24.3 Å². The Kier molecular flexibility index (Phi) is 2.96. The number of aromatic amines is 1. The maximum absolute atomic E-state index is 5.79. The molecule has 5 nitrogen and oxygen atoms in total. The highest BCUT2D eigenvalue weighted by Crippen LogP contribution is 2.17. The molecule has 84 valence electrons. The van der Waals surface area contributed by atoms with Crippen LogP contribution in [0.2, 0.25) is 5.02 Å². The standard InChI is InChI=1S/C10H12ClN5/c1-16(2)10-13-9(14-15-10)12-8-5-3-7(11)4-6-8/h3-6H,1-2H3,(H2,12,13,14,15). The summed E-state index contributed by atoms with van der Waals surface area (Å²) in [7, 11) is 3.77. The molecule has 0 saturated carbocycles. The smallest absolute Gasteiger partial charge is 0.245 e. The molecule has 0 spiro atoms. The molecule has 6 heteroatoms. The van der Waals surface area contributed by atoms with Gasteiger partial charge in [0.05, 0.1) is 0 Å². The number of H-pyrrole nitrogens is 1. The van der Waals surface area contributed by atoms with E-state index in [4.69, 9.17) is 11.6 Å². The average Bonchev–Trinajstić information content (AvgIpc) is 2.70. The molecule has 2 aromatic rings. The molecule has 0 saturated heterocycles. The van der Waals surface area contributed by atoms with Gasteiger partial charge in [-0.1, -0.05) is 11.6 Å². The van der Waals surface area contributed by atoms with Crippen LogP contribution in [-0.2, 0) is 0 Å². The third-order valence-electron chi connectivity index (χ3n) is 1.98. The van der Waals surface area contributed by atoms with E-state index in [9.17, 15) is 0 Å². The molecule has 0 amide bonds. The van der Waals surface area contributed by atoms with Crippen molar-refractivity contribution in [1.29, 1.82) is 0 Å². The summed E-state index contributed by atoms with van der Waals surface area (Å²) in [6, 6.07) is 7.38. The lowest BCUT2D eigenvalue weighted by Crippen LogP contribution is -2.10. The summed E-state index contributed by atoms with van der Waals surface area (Å²) in [5.41, 5.74) is 0.908. The largest absolute Gasteiger partial charge is 0.346 e. The zero-order valence-electron chi connectivity index (χ0n) is 9.03. The fourth-order valence-corrected chi connectivity index (χ4v) is 1.30. The van der Waals surface area contributed by atoms with Gasteiger partial charge in [0.25, 0.3) is 0 Å². The Morgan fingerprint density at radius 1 is 1.25 bits per heavy atom. The number of rotatable bonds is 3. The van der Waals surface area contributed by atoms with E-state index in [0.29, 0.717) is 16.9 Å². The van der Waals surface area contributed by atoms with E-state index in [1.807, 2.05) is 43.3 Å². The molecule has 0 aliphatic heterocycles. The molecule has 2 rings (SSSR count). The highest BCUT2D eigenvalue weighted by molar-refractivity contribution is 6.30. The van der Waals surface area contributed by atoms with Gasteiger partial charge in [0.1, 0.15) is 0 Å². The van der Waals surface area contributed by atoms with Crippen molar-refractivity contribution < 1.29 is 0 Å². The van der Waals surface area contributed by atoms with Crippen LogP contribution in [0.3, 0.4) is 0 Å². The van der Waals surface area contributed by atoms with Crippen molar-refractivity contribution in [2.45, 2.75) is 0 Å². The molecular formula is C10H12ClN5. The molecule has 1 aromatic heterocycles. The molecular weight excluding hydrogens is 226 g/mol. The fourth-order valence-electron chi connectivity index (χ4n) is 1.18. The van der Waals surface area contributed by atoms with Crippen molar-refractivity contribution >= 4 is 29.2 Å². The SMILES string of the molecule is CN(C)c1n[nH]c(Nc2ccc(Cl)cc2)n1. The maximum Gasteiger partial charge on any atom is 0.245 e. The highest BCUT2D eigenvalue weighted by Gasteiger charge is 2.04. The Hall–Kier alpha value is -1.75. The summed E-state index contributed by atoms with van der Waals surface area (Å²) >= 11 is 5.79. The number of nitrogens with zero attached hydrogens (tertiary/aromatic N) is 3. The molecule has 0 fully saturated rings. The first-order valence-electron chi connectivity index (χ1n) is 4.77. The number of nitrogens with one attached hydrogen (secondary N) is 2. The molecule has 16 heavy (non-hydrogen) atoms. The summed E-state index contributed by atoms with van der Waals surface area (Å²) in [4.78, 5) is 6.07. The molecule has 1 aromatic carbocycles. The van der Waals surface area contributed by atoms with Gasteiger partial charge in [-0.25, -0.2) is 5.10 Å². The lowest BCUT2D eigenvalue weighted by Gasteiger charge is -2.04. The van der Waals surface area contributed by atoms with Crippen molar-refractivity contribution in [3.8, 4) is 0 Å². The number of anilines is 3. The Bertz CT molecular complexity index is 462. The second kappa shape index (κ2) is 4.40.